The second-order valence-electron chi connectivity index (χ2n) is 4.99. The van der Waals surface area contributed by atoms with Gasteiger partial charge in [0.2, 0.25) is 0 Å². The Morgan fingerprint density at radius 2 is 2.37 bits per heavy atom. The van der Waals surface area contributed by atoms with Crippen molar-refractivity contribution in [2.75, 3.05) is 26.9 Å². The molecule has 106 valence electrons. The second-order valence-corrected chi connectivity index (χ2v) is 4.99. The molecular formula is C15H24N2O2. The number of nitrogens with one attached hydrogen (secondary N) is 1. The van der Waals surface area contributed by atoms with Crippen LogP contribution in [-0.2, 0) is 11.2 Å². The van der Waals surface area contributed by atoms with Crippen molar-refractivity contribution in [2.45, 2.75) is 31.8 Å². The lowest BCUT2D eigenvalue weighted by molar-refractivity contribution is 0.0720. The fourth-order valence-electron chi connectivity index (χ4n) is 2.52. The summed E-state index contributed by atoms with van der Waals surface area (Å²) in [6.07, 6.45) is 1.85. The molecule has 1 aliphatic heterocycles. The van der Waals surface area contributed by atoms with Gasteiger partial charge in [-0.25, -0.2) is 0 Å². The van der Waals surface area contributed by atoms with Gasteiger partial charge >= 0.3 is 0 Å². The maximum Gasteiger partial charge on any atom is 0.122 e. The van der Waals surface area contributed by atoms with E-state index in [1.165, 1.54) is 11.1 Å². The maximum atomic E-state index is 6.30. The highest BCUT2D eigenvalue weighted by Gasteiger charge is 2.18. The van der Waals surface area contributed by atoms with Crippen molar-refractivity contribution in [3.63, 3.8) is 0 Å². The zero-order valence-electron chi connectivity index (χ0n) is 11.8. The molecule has 3 N–H and O–H groups in total. The highest BCUT2D eigenvalue weighted by atomic mass is 16.5. The highest BCUT2D eigenvalue weighted by Crippen LogP contribution is 2.25. The van der Waals surface area contributed by atoms with Crippen molar-refractivity contribution in [1.82, 2.24) is 5.32 Å². The van der Waals surface area contributed by atoms with Crippen LogP contribution in [0.2, 0.25) is 0 Å². The molecule has 1 heterocycles. The van der Waals surface area contributed by atoms with E-state index in [9.17, 15) is 0 Å². The molecule has 1 aromatic rings. The number of aryl methyl sites for hydroxylation is 1. The van der Waals surface area contributed by atoms with Crippen LogP contribution in [0.4, 0.5) is 0 Å². The van der Waals surface area contributed by atoms with Gasteiger partial charge in [-0.05, 0) is 30.0 Å². The Hall–Kier alpha value is -1.10. The lowest BCUT2D eigenvalue weighted by atomic mass is 9.97. The van der Waals surface area contributed by atoms with Gasteiger partial charge in [0, 0.05) is 18.6 Å². The summed E-state index contributed by atoms with van der Waals surface area (Å²) >= 11 is 0. The first kappa shape index (κ1) is 14.3. The van der Waals surface area contributed by atoms with E-state index in [4.69, 9.17) is 15.2 Å². The Morgan fingerprint density at radius 1 is 1.53 bits per heavy atom. The van der Waals surface area contributed by atoms with Gasteiger partial charge in [-0.2, -0.15) is 0 Å². The number of ether oxygens (including phenoxy) is 2. The molecule has 1 aliphatic rings. The molecule has 0 saturated carbocycles. The van der Waals surface area contributed by atoms with E-state index in [0.717, 1.165) is 38.3 Å². The van der Waals surface area contributed by atoms with E-state index in [1.54, 1.807) is 7.11 Å². The van der Waals surface area contributed by atoms with Gasteiger partial charge in [-0.1, -0.05) is 19.1 Å². The summed E-state index contributed by atoms with van der Waals surface area (Å²) < 4.78 is 10.8. The van der Waals surface area contributed by atoms with E-state index >= 15 is 0 Å². The standard InChI is InChI=1S/C15H24N2O2/c1-3-11-8-12(4-5-15(11)18-2)14(16)9-13-10-19-7-6-17-13/h4-5,8,13-14,17H,3,6-7,9-10,16H2,1-2H3. The summed E-state index contributed by atoms with van der Waals surface area (Å²) in [5.41, 5.74) is 8.69. The summed E-state index contributed by atoms with van der Waals surface area (Å²) in [6, 6.07) is 6.63. The first-order valence-corrected chi connectivity index (χ1v) is 6.98. The number of hydrogen-bond donors (Lipinski definition) is 2. The van der Waals surface area contributed by atoms with Crippen molar-refractivity contribution in [3.05, 3.63) is 29.3 Å². The Labute approximate surface area is 115 Å². The van der Waals surface area contributed by atoms with E-state index < -0.39 is 0 Å². The van der Waals surface area contributed by atoms with Crippen LogP contribution in [0.3, 0.4) is 0 Å². The predicted molar refractivity (Wildman–Crippen MR) is 76.5 cm³/mol. The molecule has 0 amide bonds. The third kappa shape index (κ3) is 3.69. The van der Waals surface area contributed by atoms with Crippen LogP contribution >= 0.6 is 0 Å². The minimum atomic E-state index is 0.0374. The SMILES string of the molecule is CCc1cc(C(N)CC2COCCN2)ccc1OC. The normalized spacial score (nSPS) is 21.1. The van der Waals surface area contributed by atoms with Crippen LogP contribution in [-0.4, -0.2) is 32.9 Å². The Bertz CT molecular complexity index is 403. The van der Waals surface area contributed by atoms with Gasteiger partial charge < -0.3 is 20.5 Å². The van der Waals surface area contributed by atoms with Gasteiger partial charge in [0.25, 0.3) is 0 Å². The molecule has 1 fully saturated rings. The number of nitrogens with two attached hydrogens (primary N) is 1. The second kappa shape index (κ2) is 6.89. The topological polar surface area (TPSA) is 56.5 Å². The van der Waals surface area contributed by atoms with Crippen LogP contribution in [0, 0.1) is 0 Å². The number of morpholine rings is 1. The summed E-state index contributed by atoms with van der Waals surface area (Å²) in [7, 11) is 1.71. The minimum absolute atomic E-state index is 0.0374. The minimum Gasteiger partial charge on any atom is -0.496 e. The fourth-order valence-corrected chi connectivity index (χ4v) is 2.52. The average Bonchev–Trinajstić information content (AvgIpc) is 2.47. The Morgan fingerprint density at radius 3 is 3.00 bits per heavy atom. The van der Waals surface area contributed by atoms with Crippen molar-refractivity contribution >= 4 is 0 Å². The molecular weight excluding hydrogens is 240 g/mol. The Balaban J connectivity index is 2.03. The van der Waals surface area contributed by atoms with Gasteiger partial charge in [0.1, 0.15) is 5.75 Å². The monoisotopic (exact) mass is 264 g/mol. The smallest absolute Gasteiger partial charge is 0.122 e. The molecule has 1 aromatic carbocycles. The van der Waals surface area contributed by atoms with Crippen LogP contribution in [0.15, 0.2) is 18.2 Å². The molecule has 2 atom stereocenters. The molecule has 4 nitrogen and oxygen atoms in total. The van der Waals surface area contributed by atoms with Crippen molar-refractivity contribution in [1.29, 1.82) is 0 Å². The van der Waals surface area contributed by atoms with Gasteiger partial charge in [0.15, 0.2) is 0 Å². The van der Waals surface area contributed by atoms with Crippen molar-refractivity contribution in [2.24, 2.45) is 5.73 Å². The molecule has 2 unspecified atom stereocenters. The number of methoxy groups -OCH3 is 1. The zero-order valence-corrected chi connectivity index (χ0v) is 11.8. The molecule has 0 spiro atoms. The van der Waals surface area contributed by atoms with Crippen LogP contribution in [0.1, 0.15) is 30.5 Å². The predicted octanol–water partition coefficient (Wildman–Crippen LogP) is 1.64. The van der Waals surface area contributed by atoms with Crippen molar-refractivity contribution in [3.8, 4) is 5.75 Å². The molecule has 4 heteroatoms. The third-order valence-electron chi connectivity index (χ3n) is 3.65. The first-order chi connectivity index (χ1) is 9.24. The molecule has 0 aromatic heterocycles. The van der Waals surface area contributed by atoms with Gasteiger partial charge in [-0.15, -0.1) is 0 Å². The largest absolute Gasteiger partial charge is 0.496 e. The lowest BCUT2D eigenvalue weighted by Gasteiger charge is -2.26. The molecule has 1 saturated heterocycles. The lowest BCUT2D eigenvalue weighted by Crippen LogP contribution is -2.42. The van der Waals surface area contributed by atoms with Crippen LogP contribution in [0.5, 0.6) is 5.75 Å². The molecule has 2 rings (SSSR count). The number of rotatable bonds is 5. The quantitative estimate of drug-likeness (QED) is 0.849. The fraction of sp³-hybridized carbons (Fsp3) is 0.600. The average molecular weight is 264 g/mol. The van der Waals surface area contributed by atoms with Crippen molar-refractivity contribution < 1.29 is 9.47 Å². The number of benzene rings is 1. The van der Waals surface area contributed by atoms with Crippen LogP contribution < -0.4 is 15.8 Å². The highest BCUT2D eigenvalue weighted by molar-refractivity contribution is 5.38. The first-order valence-electron chi connectivity index (χ1n) is 6.98. The maximum absolute atomic E-state index is 6.30. The molecule has 0 aliphatic carbocycles. The zero-order chi connectivity index (χ0) is 13.7. The Kier molecular flexibility index (Phi) is 5.19. The van der Waals surface area contributed by atoms with Gasteiger partial charge in [-0.3, -0.25) is 0 Å². The van der Waals surface area contributed by atoms with Crippen LogP contribution in [0.25, 0.3) is 0 Å². The summed E-state index contributed by atoms with van der Waals surface area (Å²) in [4.78, 5) is 0. The molecule has 19 heavy (non-hydrogen) atoms. The molecule has 0 radical (unpaired) electrons. The summed E-state index contributed by atoms with van der Waals surface area (Å²) in [6.45, 7) is 4.60. The van der Waals surface area contributed by atoms with E-state index in [-0.39, 0.29) is 6.04 Å². The summed E-state index contributed by atoms with van der Waals surface area (Å²) in [5, 5.41) is 3.44. The van der Waals surface area contributed by atoms with E-state index in [2.05, 4.69) is 24.4 Å². The third-order valence-corrected chi connectivity index (χ3v) is 3.65. The van der Waals surface area contributed by atoms with E-state index in [0.29, 0.717) is 6.04 Å². The summed E-state index contributed by atoms with van der Waals surface area (Å²) in [5.74, 6) is 0.942. The number of hydrogen-bond acceptors (Lipinski definition) is 4. The van der Waals surface area contributed by atoms with E-state index in [1.807, 2.05) is 6.07 Å². The molecule has 0 bridgehead atoms. The van der Waals surface area contributed by atoms with Gasteiger partial charge in [0.05, 0.1) is 20.3 Å².